The van der Waals surface area contributed by atoms with E-state index in [0.29, 0.717) is 17.1 Å². The molecular formula is C23H19N3O3. The van der Waals surface area contributed by atoms with E-state index in [1.165, 1.54) is 10.6 Å². The molecule has 0 fully saturated rings. The Morgan fingerprint density at radius 3 is 2.52 bits per heavy atom. The second-order valence-electron chi connectivity index (χ2n) is 6.81. The Balaban J connectivity index is 1.52. The van der Waals surface area contributed by atoms with Crippen molar-refractivity contribution < 1.29 is 9.53 Å². The summed E-state index contributed by atoms with van der Waals surface area (Å²) in [5, 5.41) is 2.73. The van der Waals surface area contributed by atoms with Gasteiger partial charge in [0.15, 0.2) is 0 Å². The Labute approximate surface area is 167 Å². The van der Waals surface area contributed by atoms with Gasteiger partial charge in [-0.15, -0.1) is 0 Å². The number of rotatable bonds is 4. The van der Waals surface area contributed by atoms with Crippen molar-refractivity contribution in [2.75, 3.05) is 5.32 Å². The van der Waals surface area contributed by atoms with E-state index in [1.54, 1.807) is 36.5 Å². The van der Waals surface area contributed by atoms with E-state index < -0.39 is 11.5 Å². The third-order valence-corrected chi connectivity index (χ3v) is 4.43. The third kappa shape index (κ3) is 4.01. The maximum atomic E-state index is 12.6. The highest BCUT2D eigenvalue weighted by molar-refractivity contribution is 6.03. The minimum Gasteiger partial charge on any atom is -0.457 e. The number of carbonyl (C=O) groups excluding carboxylic acids is 1. The van der Waals surface area contributed by atoms with Crippen LogP contribution in [0.15, 0.2) is 77.9 Å². The lowest BCUT2D eigenvalue weighted by atomic mass is 10.2. The van der Waals surface area contributed by atoms with Gasteiger partial charge in [0.2, 0.25) is 0 Å². The van der Waals surface area contributed by atoms with E-state index in [4.69, 9.17) is 4.74 Å². The quantitative estimate of drug-likeness (QED) is 0.567. The lowest BCUT2D eigenvalue weighted by Gasteiger charge is -2.09. The fraction of sp³-hybridized carbons (Fsp3) is 0.0870. The molecule has 1 amide bonds. The predicted octanol–water partition coefficient (Wildman–Crippen LogP) is 4.36. The van der Waals surface area contributed by atoms with Crippen LogP contribution in [0.5, 0.6) is 11.5 Å². The zero-order valence-corrected chi connectivity index (χ0v) is 16.0. The van der Waals surface area contributed by atoms with Crippen molar-refractivity contribution in [1.29, 1.82) is 0 Å². The van der Waals surface area contributed by atoms with Crippen LogP contribution in [0.4, 0.5) is 5.69 Å². The van der Waals surface area contributed by atoms with Gasteiger partial charge in [-0.25, -0.2) is 4.98 Å². The summed E-state index contributed by atoms with van der Waals surface area (Å²) in [5.41, 5.74) is 2.64. The molecule has 0 aliphatic heterocycles. The molecule has 0 atom stereocenters. The fourth-order valence-electron chi connectivity index (χ4n) is 2.96. The van der Waals surface area contributed by atoms with Crippen molar-refractivity contribution in [2.24, 2.45) is 0 Å². The SMILES string of the molecule is Cc1cccc(Oc2ccc(NC(=O)c3cnc4ccc(C)cn4c3=O)cc2)c1. The molecule has 0 bridgehead atoms. The van der Waals surface area contributed by atoms with Gasteiger partial charge in [0, 0.05) is 18.1 Å². The summed E-state index contributed by atoms with van der Waals surface area (Å²) in [6.07, 6.45) is 2.97. The number of ether oxygens (including phenoxy) is 1. The summed E-state index contributed by atoms with van der Waals surface area (Å²) >= 11 is 0. The number of hydrogen-bond donors (Lipinski definition) is 1. The number of pyridine rings is 1. The molecular weight excluding hydrogens is 366 g/mol. The van der Waals surface area contributed by atoms with E-state index in [-0.39, 0.29) is 5.56 Å². The van der Waals surface area contributed by atoms with Crippen molar-refractivity contribution >= 4 is 17.2 Å². The van der Waals surface area contributed by atoms with Crippen molar-refractivity contribution in [3.63, 3.8) is 0 Å². The first-order valence-corrected chi connectivity index (χ1v) is 9.13. The van der Waals surface area contributed by atoms with Gasteiger partial charge >= 0.3 is 0 Å². The minimum absolute atomic E-state index is 0.0202. The van der Waals surface area contributed by atoms with Gasteiger partial charge in [0.1, 0.15) is 22.7 Å². The highest BCUT2D eigenvalue weighted by Gasteiger charge is 2.13. The monoisotopic (exact) mass is 385 g/mol. The normalized spacial score (nSPS) is 10.7. The number of carbonyl (C=O) groups is 1. The van der Waals surface area contributed by atoms with Crippen LogP contribution in [0, 0.1) is 13.8 Å². The number of hydrogen-bond acceptors (Lipinski definition) is 4. The Hall–Kier alpha value is -3.93. The van der Waals surface area contributed by atoms with Gasteiger partial charge in [0.25, 0.3) is 11.5 Å². The van der Waals surface area contributed by atoms with Gasteiger partial charge in [-0.05, 0) is 67.4 Å². The Bertz CT molecular complexity index is 1260. The van der Waals surface area contributed by atoms with Gasteiger partial charge < -0.3 is 10.1 Å². The Morgan fingerprint density at radius 2 is 1.76 bits per heavy atom. The smallest absolute Gasteiger partial charge is 0.270 e. The summed E-state index contributed by atoms with van der Waals surface area (Å²) in [4.78, 5) is 29.4. The topological polar surface area (TPSA) is 72.7 Å². The van der Waals surface area contributed by atoms with Crippen LogP contribution in [0.2, 0.25) is 0 Å². The molecule has 4 aromatic rings. The molecule has 0 spiro atoms. The second-order valence-corrected chi connectivity index (χ2v) is 6.81. The molecule has 0 saturated carbocycles. The maximum Gasteiger partial charge on any atom is 0.270 e. The fourth-order valence-corrected chi connectivity index (χ4v) is 2.96. The molecule has 0 radical (unpaired) electrons. The summed E-state index contributed by atoms with van der Waals surface area (Å²) in [6, 6.07) is 18.3. The molecule has 0 saturated heterocycles. The van der Waals surface area contributed by atoms with Crippen LogP contribution in [0.3, 0.4) is 0 Å². The van der Waals surface area contributed by atoms with Gasteiger partial charge in [-0.1, -0.05) is 18.2 Å². The van der Waals surface area contributed by atoms with Crippen LogP contribution < -0.4 is 15.6 Å². The lowest BCUT2D eigenvalue weighted by Crippen LogP contribution is -2.26. The van der Waals surface area contributed by atoms with E-state index in [2.05, 4.69) is 10.3 Å². The first kappa shape index (κ1) is 18.4. The minimum atomic E-state index is -0.509. The van der Waals surface area contributed by atoms with Crippen LogP contribution >= 0.6 is 0 Å². The second kappa shape index (κ2) is 7.59. The molecule has 2 heterocycles. The molecule has 2 aromatic heterocycles. The molecule has 6 nitrogen and oxygen atoms in total. The maximum absolute atomic E-state index is 12.6. The van der Waals surface area contributed by atoms with E-state index in [1.807, 2.05) is 44.2 Å². The largest absolute Gasteiger partial charge is 0.457 e. The average Bonchev–Trinajstić information content (AvgIpc) is 2.70. The van der Waals surface area contributed by atoms with Crippen LogP contribution in [0.25, 0.3) is 5.65 Å². The van der Waals surface area contributed by atoms with Crippen molar-refractivity contribution in [1.82, 2.24) is 9.38 Å². The third-order valence-electron chi connectivity index (χ3n) is 4.43. The summed E-state index contributed by atoms with van der Waals surface area (Å²) in [7, 11) is 0. The number of aryl methyl sites for hydroxylation is 2. The van der Waals surface area contributed by atoms with Crippen LogP contribution in [0.1, 0.15) is 21.5 Å². The summed E-state index contributed by atoms with van der Waals surface area (Å²) in [5.74, 6) is 0.884. The zero-order valence-electron chi connectivity index (χ0n) is 16.0. The number of nitrogens with zero attached hydrogens (tertiary/aromatic N) is 2. The molecule has 0 unspecified atom stereocenters. The van der Waals surface area contributed by atoms with Gasteiger partial charge in [-0.2, -0.15) is 0 Å². The van der Waals surface area contributed by atoms with E-state index >= 15 is 0 Å². The van der Waals surface area contributed by atoms with E-state index in [9.17, 15) is 9.59 Å². The highest BCUT2D eigenvalue weighted by atomic mass is 16.5. The zero-order chi connectivity index (χ0) is 20.4. The Morgan fingerprint density at radius 1 is 0.966 bits per heavy atom. The molecule has 6 heteroatoms. The number of fused-ring (bicyclic) bond motifs is 1. The summed E-state index contributed by atoms with van der Waals surface area (Å²) in [6.45, 7) is 3.87. The number of aromatic nitrogens is 2. The first-order chi connectivity index (χ1) is 14.0. The summed E-state index contributed by atoms with van der Waals surface area (Å²) < 4.78 is 7.18. The molecule has 0 aliphatic rings. The van der Waals surface area contributed by atoms with Gasteiger partial charge in [-0.3, -0.25) is 14.0 Å². The molecule has 4 rings (SSSR count). The number of anilines is 1. The standard InChI is InChI=1S/C23H19N3O3/c1-15-4-3-5-19(12-15)29-18-9-7-17(8-10-18)25-22(27)20-13-24-21-11-6-16(2)14-26(21)23(20)28/h3-14H,1-2H3,(H,25,27). The van der Waals surface area contributed by atoms with Crippen LogP contribution in [-0.2, 0) is 0 Å². The van der Waals surface area contributed by atoms with Crippen molar-refractivity contribution in [3.8, 4) is 11.5 Å². The lowest BCUT2D eigenvalue weighted by molar-refractivity contribution is 0.102. The number of nitrogens with one attached hydrogen (secondary N) is 1. The molecule has 144 valence electrons. The molecule has 1 N–H and O–H groups in total. The first-order valence-electron chi connectivity index (χ1n) is 9.13. The predicted molar refractivity (Wildman–Crippen MR) is 112 cm³/mol. The molecule has 2 aromatic carbocycles. The molecule has 29 heavy (non-hydrogen) atoms. The number of benzene rings is 2. The highest BCUT2D eigenvalue weighted by Crippen LogP contribution is 2.23. The van der Waals surface area contributed by atoms with E-state index in [0.717, 1.165) is 16.9 Å². The van der Waals surface area contributed by atoms with Crippen molar-refractivity contribution in [2.45, 2.75) is 13.8 Å². The van der Waals surface area contributed by atoms with Crippen LogP contribution in [-0.4, -0.2) is 15.3 Å². The van der Waals surface area contributed by atoms with Crippen molar-refractivity contribution in [3.05, 3.63) is 100 Å². The Kier molecular flexibility index (Phi) is 4.83. The number of amides is 1. The van der Waals surface area contributed by atoms with Gasteiger partial charge in [0.05, 0.1) is 0 Å². The average molecular weight is 385 g/mol. The molecule has 0 aliphatic carbocycles.